The Balaban J connectivity index is 2.63. The monoisotopic (exact) mass is 156 g/mol. The van der Waals surface area contributed by atoms with Crippen LogP contribution in [0.2, 0.25) is 0 Å². The lowest BCUT2D eigenvalue weighted by Crippen LogP contribution is -2.34. The van der Waals surface area contributed by atoms with Gasteiger partial charge in [0.2, 0.25) is 0 Å². The molecule has 1 aliphatic heterocycles. The number of rotatable bonds is 2. The van der Waals surface area contributed by atoms with E-state index in [9.17, 15) is 0 Å². The van der Waals surface area contributed by atoms with E-state index >= 15 is 0 Å². The van der Waals surface area contributed by atoms with Gasteiger partial charge in [-0.05, 0) is 6.42 Å². The maximum Gasteiger partial charge on any atom is 0.109 e. The average Bonchev–Trinajstić information content (AvgIpc) is 2.27. The smallest absolute Gasteiger partial charge is 0.109 e. The normalized spacial score (nSPS) is 44.6. The first-order valence-corrected chi connectivity index (χ1v) is 3.75. The van der Waals surface area contributed by atoms with Gasteiger partial charge >= 0.3 is 0 Å². The highest BCUT2D eigenvalue weighted by Gasteiger charge is 2.42. The molecule has 2 N–H and O–H groups in total. The van der Waals surface area contributed by atoms with Crippen molar-refractivity contribution in [3.8, 4) is 0 Å². The number of aliphatic hydroxyl groups is 2. The lowest BCUT2D eigenvalue weighted by molar-refractivity contribution is -0.0182. The first kappa shape index (κ1) is 9.04. The van der Waals surface area contributed by atoms with E-state index in [1.807, 2.05) is 6.92 Å². The zero-order valence-electron chi connectivity index (χ0n) is 6.66. The SMILES string of the molecule is [B][C@@H]1CC(C)(CO)[C@H](CO)O1. The van der Waals surface area contributed by atoms with Gasteiger partial charge in [-0.1, -0.05) is 6.92 Å². The molecule has 0 aromatic rings. The zero-order valence-corrected chi connectivity index (χ0v) is 6.66. The summed E-state index contributed by atoms with van der Waals surface area (Å²) in [7, 11) is 5.51. The first-order valence-electron chi connectivity index (χ1n) is 3.75. The molecule has 2 radical (unpaired) electrons. The Morgan fingerprint density at radius 1 is 1.64 bits per heavy atom. The van der Waals surface area contributed by atoms with Crippen LogP contribution in [0.15, 0.2) is 0 Å². The number of aliphatic hydroxyl groups excluding tert-OH is 2. The van der Waals surface area contributed by atoms with Crippen molar-refractivity contribution in [3.63, 3.8) is 0 Å². The van der Waals surface area contributed by atoms with Gasteiger partial charge in [0.25, 0.3) is 0 Å². The van der Waals surface area contributed by atoms with Gasteiger partial charge in [0.05, 0.1) is 19.3 Å². The van der Waals surface area contributed by atoms with Crippen molar-refractivity contribution in [2.75, 3.05) is 13.2 Å². The summed E-state index contributed by atoms with van der Waals surface area (Å²) in [4.78, 5) is 0. The molecule has 1 saturated heterocycles. The third-order valence-electron chi connectivity index (χ3n) is 2.31. The van der Waals surface area contributed by atoms with Gasteiger partial charge < -0.3 is 14.9 Å². The predicted molar refractivity (Wildman–Crippen MR) is 41.3 cm³/mol. The summed E-state index contributed by atoms with van der Waals surface area (Å²) in [6.45, 7) is 1.79. The van der Waals surface area contributed by atoms with Crippen molar-refractivity contribution in [1.82, 2.24) is 0 Å². The largest absolute Gasteiger partial charge is 0.396 e. The standard InChI is InChI=1S/C7H13BO3/c1-7(4-10)2-6(8)11-5(7)3-9/h5-6,9-10H,2-4H2,1H3/t5-,6-,7?/m0/s1. The minimum absolute atomic E-state index is 0.00588. The van der Waals surface area contributed by atoms with Crippen LogP contribution in [0.1, 0.15) is 13.3 Å². The molecule has 1 unspecified atom stereocenters. The Morgan fingerprint density at radius 3 is 2.64 bits per heavy atom. The molecule has 3 atom stereocenters. The van der Waals surface area contributed by atoms with Gasteiger partial charge in [-0.3, -0.25) is 0 Å². The Kier molecular flexibility index (Phi) is 2.57. The van der Waals surface area contributed by atoms with Gasteiger partial charge in [0.1, 0.15) is 7.85 Å². The summed E-state index contributed by atoms with van der Waals surface area (Å²) in [5.74, 6) is 0. The lowest BCUT2D eigenvalue weighted by atomic mass is 9.79. The van der Waals surface area contributed by atoms with E-state index in [-0.39, 0.29) is 30.7 Å². The van der Waals surface area contributed by atoms with Crippen molar-refractivity contribution < 1.29 is 14.9 Å². The molecule has 1 aliphatic rings. The van der Waals surface area contributed by atoms with Crippen LogP contribution in [-0.2, 0) is 4.74 Å². The molecule has 0 saturated carbocycles. The van der Waals surface area contributed by atoms with Gasteiger partial charge in [0.15, 0.2) is 0 Å². The average molecular weight is 156 g/mol. The fourth-order valence-electron chi connectivity index (χ4n) is 1.44. The molecular formula is C7H13BO3. The molecular weight excluding hydrogens is 143 g/mol. The second kappa shape index (κ2) is 3.13. The van der Waals surface area contributed by atoms with Crippen molar-refractivity contribution >= 4 is 7.85 Å². The molecule has 11 heavy (non-hydrogen) atoms. The lowest BCUT2D eigenvalue weighted by Gasteiger charge is -2.25. The summed E-state index contributed by atoms with van der Waals surface area (Å²) < 4.78 is 5.18. The first-order chi connectivity index (χ1) is 5.12. The molecule has 62 valence electrons. The molecule has 0 aliphatic carbocycles. The minimum atomic E-state index is -0.367. The van der Waals surface area contributed by atoms with Gasteiger partial charge in [0, 0.05) is 11.4 Å². The Labute approximate surface area is 67.8 Å². The van der Waals surface area contributed by atoms with Crippen molar-refractivity contribution in [2.45, 2.75) is 25.5 Å². The van der Waals surface area contributed by atoms with Crippen LogP contribution in [0.3, 0.4) is 0 Å². The van der Waals surface area contributed by atoms with Crippen LogP contribution in [-0.4, -0.2) is 43.4 Å². The molecule has 0 bridgehead atoms. The van der Waals surface area contributed by atoms with E-state index in [0.717, 1.165) is 0 Å². The molecule has 4 heteroatoms. The van der Waals surface area contributed by atoms with E-state index in [4.69, 9.17) is 22.8 Å². The van der Waals surface area contributed by atoms with Gasteiger partial charge in [-0.25, -0.2) is 0 Å². The van der Waals surface area contributed by atoms with Gasteiger partial charge in [-0.2, -0.15) is 0 Å². The highest BCUT2D eigenvalue weighted by Crippen LogP contribution is 2.36. The van der Waals surface area contributed by atoms with Crippen LogP contribution in [0.25, 0.3) is 0 Å². The minimum Gasteiger partial charge on any atom is -0.396 e. The topological polar surface area (TPSA) is 49.7 Å². The van der Waals surface area contributed by atoms with Crippen molar-refractivity contribution in [1.29, 1.82) is 0 Å². The Bertz CT molecular complexity index is 142. The van der Waals surface area contributed by atoms with Crippen LogP contribution in [0.5, 0.6) is 0 Å². The maximum atomic E-state index is 9.00. The highest BCUT2D eigenvalue weighted by atomic mass is 16.5. The quantitative estimate of drug-likeness (QED) is 0.517. The molecule has 0 spiro atoms. The molecule has 1 fully saturated rings. The summed E-state index contributed by atoms with van der Waals surface area (Å²) in [6.07, 6.45) is 0.289. The summed E-state index contributed by atoms with van der Waals surface area (Å²) in [5.41, 5.74) is -0.367. The van der Waals surface area contributed by atoms with Crippen LogP contribution >= 0.6 is 0 Å². The highest BCUT2D eigenvalue weighted by molar-refractivity contribution is 6.11. The summed E-state index contributed by atoms with van der Waals surface area (Å²) >= 11 is 0. The van der Waals surface area contributed by atoms with E-state index in [2.05, 4.69) is 0 Å². The van der Waals surface area contributed by atoms with Crippen LogP contribution in [0.4, 0.5) is 0 Å². The molecule has 0 amide bonds. The van der Waals surface area contributed by atoms with Crippen LogP contribution in [0, 0.1) is 5.41 Å². The fourth-order valence-corrected chi connectivity index (χ4v) is 1.44. The van der Waals surface area contributed by atoms with Gasteiger partial charge in [-0.15, -0.1) is 0 Å². The third kappa shape index (κ3) is 1.58. The maximum absolute atomic E-state index is 9.00. The molecule has 1 heterocycles. The third-order valence-corrected chi connectivity index (χ3v) is 2.31. The number of hydrogen-bond acceptors (Lipinski definition) is 3. The second-order valence-corrected chi connectivity index (χ2v) is 3.36. The fraction of sp³-hybridized carbons (Fsp3) is 1.00. The molecule has 3 nitrogen and oxygen atoms in total. The Morgan fingerprint density at radius 2 is 2.27 bits per heavy atom. The van der Waals surface area contributed by atoms with Crippen molar-refractivity contribution in [2.24, 2.45) is 5.41 Å². The van der Waals surface area contributed by atoms with E-state index < -0.39 is 0 Å². The number of ether oxygens (including phenoxy) is 1. The van der Waals surface area contributed by atoms with E-state index in [1.165, 1.54) is 0 Å². The molecule has 1 rings (SSSR count). The summed E-state index contributed by atoms with van der Waals surface area (Å²) in [6, 6.07) is -0.343. The molecule has 0 aromatic carbocycles. The summed E-state index contributed by atoms with van der Waals surface area (Å²) in [5, 5.41) is 17.9. The van der Waals surface area contributed by atoms with E-state index in [1.54, 1.807) is 0 Å². The van der Waals surface area contributed by atoms with Crippen molar-refractivity contribution in [3.05, 3.63) is 0 Å². The van der Waals surface area contributed by atoms with Crippen LogP contribution < -0.4 is 0 Å². The zero-order chi connectivity index (χ0) is 8.48. The number of hydrogen-bond donors (Lipinski definition) is 2. The van der Waals surface area contributed by atoms with E-state index in [0.29, 0.717) is 6.42 Å². The Hall–Kier alpha value is -0.0551. The predicted octanol–water partition coefficient (Wildman–Crippen LogP) is -0.739. The molecule has 0 aromatic heterocycles. The second-order valence-electron chi connectivity index (χ2n) is 3.36.